The van der Waals surface area contributed by atoms with Crippen LogP contribution in [0.3, 0.4) is 0 Å². The van der Waals surface area contributed by atoms with E-state index >= 15 is 0 Å². The Morgan fingerprint density at radius 2 is 1.80 bits per heavy atom. The lowest BCUT2D eigenvalue weighted by atomic mass is 10.1. The van der Waals surface area contributed by atoms with Crippen LogP contribution < -0.4 is 5.32 Å². The predicted molar refractivity (Wildman–Crippen MR) is 58.6 cm³/mol. The number of phenolic OH excluding ortho intramolecular Hbond substituents is 1. The number of aromatic hydroxyl groups is 1. The van der Waals surface area contributed by atoms with Gasteiger partial charge in [-0.2, -0.15) is 0 Å². The van der Waals surface area contributed by atoms with Gasteiger partial charge in [-0.1, -0.05) is 12.1 Å². The summed E-state index contributed by atoms with van der Waals surface area (Å²) >= 11 is 0. The van der Waals surface area contributed by atoms with E-state index in [1.54, 1.807) is 12.1 Å². The van der Waals surface area contributed by atoms with E-state index in [-0.39, 0.29) is 11.4 Å². The summed E-state index contributed by atoms with van der Waals surface area (Å²) < 4.78 is 5.97. The maximum absolute atomic E-state index is 9.22. The SMILES string of the molecule is CC1(C)CNC(C)(c2ccc(O)cc2)O1. The third-order valence-electron chi connectivity index (χ3n) is 2.75. The molecule has 0 amide bonds. The van der Waals surface area contributed by atoms with Crippen molar-refractivity contribution in [3.63, 3.8) is 0 Å². The molecule has 0 aromatic heterocycles. The first-order chi connectivity index (χ1) is 6.91. The molecule has 1 aliphatic rings. The van der Waals surface area contributed by atoms with Crippen molar-refractivity contribution in [2.75, 3.05) is 6.54 Å². The van der Waals surface area contributed by atoms with Gasteiger partial charge < -0.3 is 9.84 Å². The maximum atomic E-state index is 9.22. The van der Waals surface area contributed by atoms with E-state index in [1.165, 1.54) is 0 Å². The third-order valence-corrected chi connectivity index (χ3v) is 2.75. The van der Waals surface area contributed by atoms with E-state index < -0.39 is 5.72 Å². The molecule has 2 N–H and O–H groups in total. The molecule has 3 heteroatoms. The van der Waals surface area contributed by atoms with Crippen LogP contribution in [0.5, 0.6) is 5.75 Å². The molecule has 1 aromatic rings. The summed E-state index contributed by atoms with van der Waals surface area (Å²) in [6, 6.07) is 7.11. The number of ether oxygens (including phenoxy) is 1. The van der Waals surface area contributed by atoms with Crippen molar-refractivity contribution < 1.29 is 9.84 Å². The molecule has 1 atom stereocenters. The number of nitrogens with one attached hydrogen (secondary N) is 1. The summed E-state index contributed by atoms with van der Waals surface area (Å²) in [5.41, 5.74) is 0.440. The Kier molecular flexibility index (Phi) is 2.24. The maximum Gasteiger partial charge on any atom is 0.143 e. The molecule has 15 heavy (non-hydrogen) atoms. The molecule has 1 aromatic carbocycles. The summed E-state index contributed by atoms with van der Waals surface area (Å²) in [7, 11) is 0. The van der Waals surface area contributed by atoms with Gasteiger partial charge in [0.25, 0.3) is 0 Å². The topological polar surface area (TPSA) is 41.5 Å². The second-order valence-electron chi connectivity index (χ2n) is 4.80. The first-order valence-electron chi connectivity index (χ1n) is 5.16. The molecule has 82 valence electrons. The van der Waals surface area contributed by atoms with Crippen molar-refractivity contribution in [3.8, 4) is 5.75 Å². The molecule has 0 spiro atoms. The monoisotopic (exact) mass is 207 g/mol. The minimum atomic E-state index is -0.447. The first kappa shape index (κ1) is 10.5. The quantitative estimate of drug-likeness (QED) is 0.739. The van der Waals surface area contributed by atoms with Crippen molar-refractivity contribution >= 4 is 0 Å². The van der Waals surface area contributed by atoms with E-state index in [1.807, 2.05) is 19.1 Å². The third kappa shape index (κ3) is 1.98. The summed E-state index contributed by atoms with van der Waals surface area (Å²) in [6.45, 7) is 6.95. The van der Waals surface area contributed by atoms with Gasteiger partial charge in [0.15, 0.2) is 0 Å². The minimum absolute atomic E-state index is 0.146. The van der Waals surface area contributed by atoms with Crippen molar-refractivity contribution in [2.24, 2.45) is 0 Å². The van der Waals surface area contributed by atoms with Gasteiger partial charge >= 0.3 is 0 Å². The highest BCUT2D eigenvalue weighted by Crippen LogP contribution is 2.33. The highest BCUT2D eigenvalue weighted by atomic mass is 16.5. The largest absolute Gasteiger partial charge is 0.508 e. The number of phenols is 1. The van der Waals surface area contributed by atoms with Crippen LogP contribution in [0.15, 0.2) is 24.3 Å². The fourth-order valence-electron chi connectivity index (χ4n) is 1.95. The first-order valence-corrected chi connectivity index (χ1v) is 5.16. The van der Waals surface area contributed by atoms with Crippen LogP contribution in [0.1, 0.15) is 26.3 Å². The second kappa shape index (κ2) is 3.22. The van der Waals surface area contributed by atoms with E-state index in [9.17, 15) is 5.11 Å². The van der Waals surface area contributed by atoms with Gasteiger partial charge in [0, 0.05) is 6.54 Å². The van der Waals surface area contributed by atoms with Crippen molar-refractivity contribution in [1.29, 1.82) is 0 Å². The zero-order chi connectivity index (χ0) is 11.1. The molecule has 1 fully saturated rings. The lowest BCUT2D eigenvalue weighted by Crippen LogP contribution is -2.34. The number of hydrogen-bond donors (Lipinski definition) is 2. The molecule has 0 saturated carbocycles. The molecule has 1 unspecified atom stereocenters. The van der Waals surface area contributed by atoms with E-state index in [2.05, 4.69) is 19.2 Å². The average molecular weight is 207 g/mol. The number of rotatable bonds is 1. The zero-order valence-corrected chi connectivity index (χ0v) is 9.37. The van der Waals surface area contributed by atoms with E-state index in [4.69, 9.17) is 4.74 Å². The summed E-state index contributed by atoms with van der Waals surface area (Å²) in [6.07, 6.45) is 0. The lowest BCUT2D eigenvalue weighted by molar-refractivity contribution is -0.0839. The molecular formula is C12H17NO2. The Balaban J connectivity index is 2.27. The zero-order valence-electron chi connectivity index (χ0n) is 9.37. The highest BCUT2D eigenvalue weighted by molar-refractivity contribution is 5.30. The number of benzene rings is 1. The minimum Gasteiger partial charge on any atom is -0.508 e. The summed E-state index contributed by atoms with van der Waals surface area (Å²) in [5.74, 6) is 0.277. The molecule has 1 saturated heterocycles. The lowest BCUT2D eigenvalue weighted by Gasteiger charge is -2.27. The second-order valence-corrected chi connectivity index (χ2v) is 4.80. The fraction of sp³-hybridized carbons (Fsp3) is 0.500. The molecule has 0 aliphatic carbocycles. The summed E-state index contributed by atoms with van der Waals surface area (Å²) in [4.78, 5) is 0. The predicted octanol–water partition coefficient (Wildman–Crippen LogP) is 1.96. The average Bonchev–Trinajstić information content (AvgIpc) is 2.43. The Labute approximate surface area is 90.1 Å². The van der Waals surface area contributed by atoms with E-state index in [0.717, 1.165) is 12.1 Å². The van der Waals surface area contributed by atoms with Crippen LogP contribution in [-0.4, -0.2) is 17.3 Å². The van der Waals surface area contributed by atoms with Crippen molar-refractivity contribution in [3.05, 3.63) is 29.8 Å². The van der Waals surface area contributed by atoms with E-state index in [0.29, 0.717) is 0 Å². The van der Waals surface area contributed by atoms with Gasteiger partial charge in [-0.25, -0.2) is 0 Å². The van der Waals surface area contributed by atoms with Gasteiger partial charge in [-0.15, -0.1) is 0 Å². The smallest absolute Gasteiger partial charge is 0.143 e. The fourth-order valence-corrected chi connectivity index (χ4v) is 1.95. The molecule has 0 bridgehead atoms. The Hall–Kier alpha value is -1.06. The molecular weight excluding hydrogens is 190 g/mol. The molecule has 3 nitrogen and oxygen atoms in total. The van der Waals surface area contributed by atoms with Crippen LogP contribution in [0.25, 0.3) is 0 Å². The van der Waals surface area contributed by atoms with Gasteiger partial charge in [-0.05, 0) is 38.5 Å². The van der Waals surface area contributed by atoms with Crippen molar-refractivity contribution in [2.45, 2.75) is 32.1 Å². The Bertz CT molecular complexity index is 358. The van der Waals surface area contributed by atoms with Crippen LogP contribution in [-0.2, 0) is 10.5 Å². The van der Waals surface area contributed by atoms with Crippen LogP contribution in [0.4, 0.5) is 0 Å². The highest BCUT2D eigenvalue weighted by Gasteiger charge is 2.41. The normalized spacial score (nSPS) is 29.3. The molecule has 1 heterocycles. The van der Waals surface area contributed by atoms with Crippen LogP contribution >= 0.6 is 0 Å². The molecule has 0 radical (unpaired) electrons. The standard InChI is InChI=1S/C12H17NO2/c1-11(2)8-13-12(3,15-11)9-4-6-10(14)7-5-9/h4-7,13-14H,8H2,1-3H3. The van der Waals surface area contributed by atoms with Crippen LogP contribution in [0.2, 0.25) is 0 Å². The van der Waals surface area contributed by atoms with Gasteiger partial charge in [0.2, 0.25) is 0 Å². The molecule has 2 rings (SSSR count). The van der Waals surface area contributed by atoms with Gasteiger partial charge in [0.05, 0.1) is 5.60 Å². The summed E-state index contributed by atoms with van der Waals surface area (Å²) in [5, 5.41) is 12.6. The van der Waals surface area contributed by atoms with Crippen LogP contribution in [0, 0.1) is 0 Å². The van der Waals surface area contributed by atoms with Gasteiger partial charge in [0.1, 0.15) is 11.5 Å². The van der Waals surface area contributed by atoms with Crippen molar-refractivity contribution in [1.82, 2.24) is 5.32 Å². The Morgan fingerprint density at radius 3 is 2.27 bits per heavy atom. The van der Waals surface area contributed by atoms with Gasteiger partial charge in [-0.3, -0.25) is 5.32 Å². The molecule has 1 aliphatic heterocycles. The number of hydrogen-bond acceptors (Lipinski definition) is 3. The Morgan fingerprint density at radius 1 is 1.20 bits per heavy atom.